The Labute approximate surface area is 68.0 Å². The Morgan fingerprint density at radius 2 is 2.50 bits per heavy atom. The average molecular weight is 169 g/mol. The number of hydrogen-bond donors (Lipinski definition) is 2. The summed E-state index contributed by atoms with van der Waals surface area (Å²) in [4.78, 5) is 24.4. The third-order valence-corrected chi connectivity index (χ3v) is 1.14. The lowest BCUT2D eigenvalue weighted by molar-refractivity contribution is -0.105. The molecule has 0 radical (unpaired) electrons. The molecule has 0 aromatic carbocycles. The van der Waals surface area contributed by atoms with Gasteiger partial charge in [0.05, 0.1) is 6.20 Å². The van der Waals surface area contributed by atoms with Gasteiger partial charge in [0.15, 0.2) is 0 Å². The molecule has 12 heavy (non-hydrogen) atoms. The molecule has 0 aliphatic rings. The van der Waals surface area contributed by atoms with E-state index in [2.05, 4.69) is 15.6 Å². The first-order valence-corrected chi connectivity index (χ1v) is 3.16. The topological polar surface area (TPSA) is 84.2 Å². The van der Waals surface area contributed by atoms with Gasteiger partial charge < -0.3 is 9.73 Å². The zero-order valence-electron chi connectivity index (χ0n) is 6.33. The van der Waals surface area contributed by atoms with Gasteiger partial charge in [-0.25, -0.2) is 4.98 Å². The SMILES string of the molecule is CNC(=O)c1cnc(NC=O)o1. The molecule has 6 heteroatoms. The summed E-state index contributed by atoms with van der Waals surface area (Å²) in [6.07, 6.45) is 1.64. The highest BCUT2D eigenvalue weighted by Gasteiger charge is 2.09. The highest BCUT2D eigenvalue weighted by Crippen LogP contribution is 2.06. The minimum Gasteiger partial charge on any atom is -0.418 e. The highest BCUT2D eigenvalue weighted by atomic mass is 16.4. The fourth-order valence-electron chi connectivity index (χ4n) is 0.619. The number of oxazole rings is 1. The number of nitrogens with one attached hydrogen (secondary N) is 2. The number of carbonyl (C=O) groups excluding carboxylic acids is 2. The molecule has 0 fully saturated rings. The van der Waals surface area contributed by atoms with Gasteiger partial charge in [0, 0.05) is 7.05 Å². The lowest BCUT2D eigenvalue weighted by Crippen LogP contribution is -2.16. The molecule has 0 atom stereocenters. The Morgan fingerprint density at radius 1 is 1.75 bits per heavy atom. The fourth-order valence-corrected chi connectivity index (χ4v) is 0.619. The molecule has 0 aliphatic heterocycles. The third-order valence-electron chi connectivity index (χ3n) is 1.14. The monoisotopic (exact) mass is 169 g/mol. The molecule has 2 amide bonds. The standard InChI is InChI=1S/C6H7N3O3/c1-7-5(11)4-2-8-6(12-4)9-3-10/h2-3H,1H3,(H,7,11)(H,8,9,10). The number of aromatic nitrogens is 1. The smallest absolute Gasteiger partial charge is 0.301 e. The third kappa shape index (κ3) is 1.60. The molecule has 1 heterocycles. The molecule has 0 bridgehead atoms. The minimum atomic E-state index is -0.388. The molecule has 0 saturated heterocycles. The van der Waals surface area contributed by atoms with E-state index >= 15 is 0 Å². The second-order valence-corrected chi connectivity index (χ2v) is 1.87. The van der Waals surface area contributed by atoms with Gasteiger partial charge in [-0.15, -0.1) is 0 Å². The van der Waals surface area contributed by atoms with Crippen LogP contribution in [0.2, 0.25) is 0 Å². The summed E-state index contributed by atoms with van der Waals surface area (Å²) in [6.45, 7) is 0. The van der Waals surface area contributed by atoms with E-state index in [9.17, 15) is 9.59 Å². The quantitative estimate of drug-likeness (QED) is 0.603. The van der Waals surface area contributed by atoms with Gasteiger partial charge in [-0.1, -0.05) is 0 Å². The zero-order chi connectivity index (χ0) is 8.97. The normalized spacial score (nSPS) is 9.08. The molecule has 2 N–H and O–H groups in total. The summed E-state index contributed by atoms with van der Waals surface area (Å²) >= 11 is 0. The Balaban J connectivity index is 2.76. The van der Waals surface area contributed by atoms with Crippen LogP contribution in [0.5, 0.6) is 0 Å². The summed E-state index contributed by atoms with van der Waals surface area (Å²) in [5, 5.41) is 4.52. The van der Waals surface area contributed by atoms with Crippen molar-refractivity contribution < 1.29 is 14.0 Å². The van der Waals surface area contributed by atoms with Crippen LogP contribution in [-0.4, -0.2) is 24.3 Å². The van der Waals surface area contributed by atoms with Gasteiger partial charge >= 0.3 is 6.01 Å². The maximum Gasteiger partial charge on any atom is 0.301 e. The molecule has 1 aromatic rings. The molecule has 0 unspecified atom stereocenters. The van der Waals surface area contributed by atoms with Crippen molar-refractivity contribution >= 4 is 18.3 Å². The fraction of sp³-hybridized carbons (Fsp3) is 0.167. The van der Waals surface area contributed by atoms with Gasteiger partial charge in [-0.2, -0.15) is 0 Å². The Kier molecular flexibility index (Phi) is 2.42. The van der Waals surface area contributed by atoms with Gasteiger partial charge in [0.2, 0.25) is 12.2 Å². The van der Waals surface area contributed by atoms with Crippen LogP contribution in [0, 0.1) is 0 Å². The van der Waals surface area contributed by atoms with Crippen molar-refractivity contribution in [3.05, 3.63) is 12.0 Å². The van der Waals surface area contributed by atoms with Crippen LogP contribution in [0.3, 0.4) is 0 Å². The number of rotatable bonds is 3. The minimum absolute atomic E-state index is 0.00333. The number of anilines is 1. The van der Waals surface area contributed by atoms with Gasteiger partial charge in [0.1, 0.15) is 0 Å². The average Bonchev–Trinajstić information content (AvgIpc) is 2.52. The molecule has 0 aliphatic carbocycles. The number of nitrogens with zero attached hydrogens (tertiary/aromatic N) is 1. The van der Waals surface area contributed by atoms with E-state index in [1.165, 1.54) is 13.2 Å². The van der Waals surface area contributed by atoms with E-state index < -0.39 is 0 Å². The van der Waals surface area contributed by atoms with Crippen LogP contribution < -0.4 is 10.6 Å². The van der Waals surface area contributed by atoms with Crippen molar-refractivity contribution in [3.8, 4) is 0 Å². The maximum absolute atomic E-state index is 10.9. The number of amides is 2. The van der Waals surface area contributed by atoms with E-state index in [0.29, 0.717) is 6.41 Å². The van der Waals surface area contributed by atoms with Crippen LogP contribution in [-0.2, 0) is 4.79 Å². The first-order valence-electron chi connectivity index (χ1n) is 3.16. The Bertz CT molecular complexity index is 294. The lowest BCUT2D eigenvalue weighted by atomic mass is 10.5. The van der Waals surface area contributed by atoms with Crippen molar-refractivity contribution in [1.29, 1.82) is 0 Å². The van der Waals surface area contributed by atoms with E-state index in [-0.39, 0.29) is 17.7 Å². The molecular formula is C6H7N3O3. The van der Waals surface area contributed by atoms with Crippen molar-refractivity contribution in [3.63, 3.8) is 0 Å². The van der Waals surface area contributed by atoms with Crippen LogP contribution in [0.4, 0.5) is 6.01 Å². The molecule has 6 nitrogen and oxygen atoms in total. The molecular weight excluding hydrogens is 162 g/mol. The van der Waals surface area contributed by atoms with Gasteiger partial charge in [-0.05, 0) is 0 Å². The summed E-state index contributed by atoms with van der Waals surface area (Å²) in [5.74, 6) is -0.330. The van der Waals surface area contributed by atoms with Crippen LogP contribution >= 0.6 is 0 Å². The van der Waals surface area contributed by atoms with Crippen molar-refractivity contribution in [1.82, 2.24) is 10.3 Å². The first kappa shape index (κ1) is 8.25. The Morgan fingerprint density at radius 3 is 3.08 bits per heavy atom. The maximum atomic E-state index is 10.9. The lowest BCUT2D eigenvalue weighted by Gasteiger charge is -1.91. The molecule has 1 rings (SSSR count). The van der Waals surface area contributed by atoms with Crippen LogP contribution in [0.15, 0.2) is 10.6 Å². The summed E-state index contributed by atoms with van der Waals surface area (Å²) in [6, 6.07) is 0.00333. The largest absolute Gasteiger partial charge is 0.418 e. The van der Waals surface area contributed by atoms with Crippen molar-refractivity contribution in [2.75, 3.05) is 12.4 Å². The molecule has 0 spiro atoms. The molecule has 0 saturated carbocycles. The second-order valence-electron chi connectivity index (χ2n) is 1.87. The van der Waals surface area contributed by atoms with Crippen molar-refractivity contribution in [2.45, 2.75) is 0 Å². The van der Waals surface area contributed by atoms with Gasteiger partial charge in [-0.3, -0.25) is 14.9 Å². The molecule has 1 aromatic heterocycles. The van der Waals surface area contributed by atoms with E-state index in [4.69, 9.17) is 4.42 Å². The first-order chi connectivity index (χ1) is 5.77. The summed E-state index contributed by atoms with van der Waals surface area (Å²) < 4.78 is 4.81. The van der Waals surface area contributed by atoms with Crippen LogP contribution in [0.1, 0.15) is 10.6 Å². The van der Waals surface area contributed by atoms with Crippen molar-refractivity contribution in [2.24, 2.45) is 0 Å². The van der Waals surface area contributed by atoms with E-state index in [0.717, 1.165) is 0 Å². The molecule has 64 valence electrons. The summed E-state index contributed by atoms with van der Waals surface area (Å²) in [7, 11) is 1.47. The van der Waals surface area contributed by atoms with Gasteiger partial charge in [0.25, 0.3) is 5.91 Å². The number of hydrogen-bond acceptors (Lipinski definition) is 4. The van der Waals surface area contributed by atoms with E-state index in [1.54, 1.807) is 0 Å². The Hall–Kier alpha value is -1.85. The highest BCUT2D eigenvalue weighted by molar-refractivity contribution is 5.91. The van der Waals surface area contributed by atoms with Crippen LogP contribution in [0.25, 0.3) is 0 Å². The predicted octanol–water partition coefficient (Wildman–Crippen LogP) is -0.398. The van der Waals surface area contributed by atoms with E-state index in [1.807, 2.05) is 0 Å². The summed E-state index contributed by atoms with van der Waals surface area (Å²) in [5.41, 5.74) is 0. The number of carbonyl (C=O) groups is 2. The predicted molar refractivity (Wildman–Crippen MR) is 39.6 cm³/mol. The zero-order valence-corrected chi connectivity index (χ0v) is 6.33. The second kappa shape index (κ2) is 3.51.